The van der Waals surface area contributed by atoms with Gasteiger partial charge in [-0.2, -0.15) is 0 Å². The molecule has 5 nitrogen and oxygen atoms in total. The van der Waals surface area contributed by atoms with E-state index in [0.29, 0.717) is 24.9 Å². The molecule has 2 unspecified atom stereocenters. The number of ether oxygens (including phenoxy) is 1. The van der Waals surface area contributed by atoms with Crippen LogP contribution in [-0.2, 0) is 17.7 Å². The fourth-order valence-corrected chi connectivity index (χ4v) is 2.76. The molecule has 0 aromatic carbocycles. The highest BCUT2D eigenvalue weighted by molar-refractivity contribution is 6.30. The van der Waals surface area contributed by atoms with Crippen LogP contribution in [0.2, 0.25) is 5.15 Å². The van der Waals surface area contributed by atoms with Crippen molar-refractivity contribution in [2.24, 2.45) is 0 Å². The van der Waals surface area contributed by atoms with Crippen LogP contribution < -0.4 is 0 Å². The van der Waals surface area contributed by atoms with E-state index in [1.807, 2.05) is 0 Å². The molecule has 1 aromatic rings. The molecule has 2 rings (SSSR count). The van der Waals surface area contributed by atoms with Crippen LogP contribution in [-0.4, -0.2) is 51.9 Å². The Labute approximate surface area is 125 Å². The molecule has 1 aliphatic heterocycles. The van der Waals surface area contributed by atoms with E-state index in [1.165, 1.54) is 0 Å². The number of nitrogens with zero attached hydrogens (tertiary/aromatic N) is 2. The van der Waals surface area contributed by atoms with Gasteiger partial charge in [0.25, 0.3) is 0 Å². The first kappa shape index (κ1) is 15.8. The number of aromatic amines is 1. The minimum absolute atomic E-state index is 0.0402. The highest BCUT2D eigenvalue weighted by Crippen LogP contribution is 2.20. The number of rotatable bonds is 7. The van der Waals surface area contributed by atoms with Crippen LogP contribution in [0.1, 0.15) is 38.2 Å². The molecule has 0 amide bonds. The average Bonchev–Trinajstić information content (AvgIpc) is 3.00. The van der Waals surface area contributed by atoms with Crippen LogP contribution in [0.4, 0.5) is 0 Å². The second-order valence-electron chi connectivity index (χ2n) is 5.29. The van der Waals surface area contributed by atoms with Crippen LogP contribution in [0.3, 0.4) is 0 Å². The molecule has 0 aliphatic carbocycles. The molecule has 2 heterocycles. The Morgan fingerprint density at radius 3 is 2.85 bits per heavy atom. The number of likely N-dealkylation sites (N-methyl/N-ethyl adjacent to an activating group) is 1. The zero-order chi connectivity index (χ0) is 14.5. The van der Waals surface area contributed by atoms with Crippen LogP contribution in [0.25, 0.3) is 0 Å². The van der Waals surface area contributed by atoms with Gasteiger partial charge in [0.05, 0.1) is 31.1 Å². The Morgan fingerprint density at radius 2 is 2.25 bits per heavy atom. The largest absolute Gasteiger partial charge is 0.389 e. The van der Waals surface area contributed by atoms with E-state index >= 15 is 0 Å². The Balaban J connectivity index is 2.01. The third kappa shape index (κ3) is 3.73. The van der Waals surface area contributed by atoms with E-state index in [9.17, 15) is 5.11 Å². The first-order valence-corrected chi connectivity index (χ1v) is 7.76. The molecule has 0 spiro atoms. The fourth-order valence-electron chi connectivity index (χ4n) is 2.55. The quantitative estimate of drug-likeness (QED) is 0.808. The third-order valence-corrected chi connectivity index (χ3v) is 4.11. The predicted molar refractivity (Wildman–Crippen MR) is 78.9 cm³/mol. The third-order valence-electron chi connectivity index (χ3n) is 3.80. The van der Waals surface area contributed by atoms with Crippen LogP contribution >= 0.6 is 11.6 Å². The van der Waals surface area contributed by atoms with Crippen molar-refractivity contribution in [1.82, 2.24) is 14.9 Å². The minimum atomic E-state index is -0.420. The molecule has 2 atom stereocenters. The van der Waals surface area contributed by atoms with E-state index < -0.39 is 6.10 Å². The molecule has 1 aliphatic rings. The van der Waals surface area contributed by atoms with Crippen molar-refractivity contribution in [2.75, 3.05) is 19.8 Å². The van der Waals surface area contributed by atoms with Gasteiger partial charge in [0, 0.05) is 13.0 Å². The lowest BCUT2D eigenvalue weighted by Gasteiger charge is -2.28. The second kappa shape index (κ2) is 7.41. The number of imidazole rings is 1. The summed E-state index contributed by atoms with van der Waals surface area (Å²) in [5.41, 5.74) is 0.929. The number of unbranched alkanes of at least 4 members (excludes halogenated alkanes) is 1. The Morgan fingerprint density at radius 1 is 1.45 bits per heavy atom. The lowest BCUT2D eigenvalue weighted by Crippen LogP contribution is -2.42. The summed E-state index contributed by atoms with van der Waals surface area (Å²) >= 11 is 6.21. The number of H-pyrrole nitrogens is 1. The second-order valence-corrected chi connectivity index (χ2v) is 5.65. The topological polar surface area (TPSA) is 61.4 Å². The standard InChI is InChI=1S/C14H24ClN3O2/c1-3-5-6-13-16-10(14(15)17-13)7-18(4-2)11-8-20-9-12(11)19/h11-12,19H,3-9H2,1-2H3,(H,16,17). The van der Waals surface area contributed by atoms with Gasteiger partial charge in [0.2, 0.25) is 0 Å². The van der Waals surface area contributed by atoms with Crippen molar-refractivity contribution in [3.05, 3.63) is 16.7 Å². The zero-order valence-electron chi connectivity index (χ0n) is 12.2. The molecule has 2 N–H and O–H groups in total. The van der Waals surface area contributed by atoms with Gasteiger partial charge in [-0.05, 0) is 13.0 Å². The average molecular weight is 302 g/mol. The van der Waals surface area contributed by atoms with Crippen LogP contribution in [0.15, 0.2) is 0 Å². The smallest absolute Gasteiger partial charge is 0.151 e. The molecule has 0 bridgehead atoms. The summed E-state index contributed by atoms with van der Waals surface area (Å²) in [6.07, 6.45) is 2.75. The summed E-state index contributed by atoms with van der Waals surface area (Å²) in [7, 11) is 0. The first-order valence-electron chi connectivity index (χ1n) is 7.38. The van der Waals surface area contributed by atoms with Gasteiger partial charge in [-0.1, -0.05) is 31.9 Å². The fraction of sp³-hybridized carbons (Fsp3) is 0.786. The van der Waals surface area contributed by atoms with Gasteiger partial charge < -0.3 is 14.8 Å². The molecule has 1 fully saturated rings. The van der Waals surface area contributed by atoms with E-state index in [2.05, 4.69) is 28.7 Å². The maximum absolute atomic E-state index is 9.93. The summed E-state index contributed by atoms with van der Waals surface area (Å²) in [5.74, 6) is 0.950. The molecule has 1 saturated heterocycles. The molecule has 6 heteroatoms. The van der Waals surface area contributed by atoms with E-state index in [-0.39, 0.29) is 6.04 Å². The van der Waals surface area contributed by atoms with Gasteiger partial charge in [-0.3, -0.25) is 4.90 Å². The molecule has 0 radical (unpaired) electrons. The molecular weight excluding hydrogens is 278 g/mol. The van der Waals surface area contributed by atoms with Crippen molar-refractivity contribution in [3.63, 3.8) is 0 Å². The summed E-state index contributed by atoms with van der Waals surface area (Å²) in [6.45, 7) is 6.73. The number of aryl methyl sites for hydroxylation is 1. The monoisotopic (exact) mass is 301 g/mol. The van der Waals surface area contributed by atoms with E-state index in [0.717, 1.165) is 37.3 Å². The van der Waals surface area contributed by atoms with Gasteiger partial charge in [0.15, 0.2) is 5.15 Å². The van der Waals surface area contributed by atoms with Crippen molar-refractivity contribution < 1.29 is 9.84 Å². The highest BCUT2D eigenvalue weighted by Gasteiger charge is 2.31. The molecule has 0 saturated carbocycles. The van der Waals surface area contributed by atoms with Crippen molar-refractivity contribution >= 4 is 11.6 Å². The summed E-state index contributed by atoms with van der Waals surface area (Å²) in [6, 6.07) is 0.0402. The molecule has 1 aromatic heterocycles. The van der Waals surface area contributed by atoms with Gasteiger partial charge >= 0.3 is 0 Å². The maximum Gasteiger partial charge on any atom is 0.151 e. The lowest BCUT2D eigenvalue weighted by atomic mass is 10.1. The number of hydrogen-bond acceptors (Lipinski definition) is 4. The highest BCUT2D eigenvalue weighted by atomic mass is 35.5. The number of aliphatic hydroxyl groups excluding tert-OH is 1. The zero-order valence-corrected chi connectivity index (χ0v) is 13.0. The summed E-state index contributed by atoms with van der Waals surface area (Å²) < 4.78 is 5.33. The number of aliphatic hydroxyl groups is 1. The number of hydrogen-bond donors (Lipinski definition) is 2. The normalized spacial score (nSPS) is 22.9. The number of nitrogens with one attached hydrogen (secondary N) is 1. The predicted octanol–water partition coefficient (Wildman–Crippen LogP) is 1.99. The molecular formula is C14H24ClN3O2. The Hall–Kier alpha value is -0.620. The van der Waals surface area contributed by atoms with Gasteiger partial charge in [0.1, 0.15) is 5.82 Å². The van der Waals surface area contributed by atoms with Gasteiger partial charge in [-0.25, -0.2) is 4.98 Å². The first-order chi connectivity index (χ1) is 9.65. The number of halogens is 1. The maximum atomic E-state index is 9.93. The summed E-state index contributed by atoms with van der Waals surface area (Å²) in [5, 5.41) is 10.5. The summed E-state index contributed by atoms with van der Waals surface area (Å²) in [4.78, 5) is 9.86. The van der Waals surface area contributed by atoms with Crippen molar-refractivity contribution in [3.8, 4) is 0 Å². The lowest BCUT2D eigenvalue weighted by molar-refractivity contribution is 0.0802. The van der Waals surface area contributed by atoms with Gasteiger partial charge in [-0.15, -0.1) is 0 Å². The Bertz CT molecular complexity index is 425. The SMILES string of the molecule is CCCCc1nc(Cl)c(CN(CC)C2COCC2O)[nH]1. The van der Waals surface area contributed by atoms with Crippen LogP contribution in [0.5, 0.6) is 0 Å². The van der Waals surface area contributed by atoms with Crippen LogP contribution in [0, 0.1) is 0 Å². The van der Waals surface area contributed by atoms with E-state index in [4.69, 9.17) is 16.3 Å². The van der Waals surface area contributed by atoms with Crippen molar-refractivity contribution in [2.45, 2.75) is 51.8 Å². The van der Waals surface area contributed by atoms with E-state index in [1.54, 1.807) is 0 Å². The Kier molecular flexibility index (Phi) is 5.84. The van der Waals surface area contributed by atoms with Crippen molar-refractivity contribution in [1.29, 1.82) is 0 Å². The molecule has 20 heavy (non-hydrogen) atoms. The minimum Gasteiger partial charge on any atom is -0.389 e. The number of aromatic nitrogens is 2. The molecule has 114 valence electrons.